The lowest BCUT2D eigenvalue weighted by Gasteiger charge is -2.30. The number of rotatable bonds is 2. The molecule has 1 saturated heterocycles. The van der Waals surface area contributed by atoms with Crippen LogP contribution in [0.1, 0.15) is 68.2 Å². The van der Waals surface area contributed by atoms with Crippen LogP contribution in [0.2, 0.25) is 0 Å². The molecule has 0 aliphatic carbocycles. The zero-order valence-corrected chi connectivity index (χ0v) is 18.1. The Morgan fingerprint density at radius 2 is 1.79 bits per heavy atom. The van der Waals surface area contributed by atoms with Gasteiger partial charge < -0.3 is 10.1 Å². The van der Waals surface area contributed by atoms with Crippen molar-refractivity contribution in [1.29, 1.82) is 10.5 Å². The van der Waals surface area contributed by atoms with Gasteiger partial charge in [-0.1, -0.05) is 27.7 Å². The predicted octanol–water partition coefficient (Wildman–Crippen LogP) is 4.16. The largest absolute Gasteiger partial charge is 0.456 e. The third-order valence-electron chi connectivity index (χ3n) is 5.49. The van der Waals surface area contributed by atoms with Crippen LogP contribution in [0, 0.1) is 33.5 Å². The highest BCUT2D eigenvalue weighted by Gasteiger charge is 2.48. The number of nitrogens with zero attached hydrogens (tertiary/aromatic N) is 3. The summed E-state index contributed by atoms with van der Waals surface area (Å²) in [5, 5.41) is 22.4. The molecule has 2 rings (SSSR count). The summed E-state index contributed by atoms with van der Waals surface area (Å²) in [6, 6.07) is 4.35. The van der Waals surface area contributed by atoms with Crippen molar-refractivity contribution in [3.63, 3.8) is 0 Å². The Hall–Kier alpha value is -2.60. The zero-order chi connectivity index (χ0) is 21.5. The highest BCUT2D eigenvalue weighted by molar-refractivity contribution is 6.04. The van der Waals surface area contributed by atoms with E-state index < -0.39 is 17.1 Å². The summed E-state index contributed by atoms with van der Waals surface area (Å²) in [5.74, 6) is -0.643. The van der Waals surface area contributed by atoms with E-state index in [4.69, 9.17) is 4.74 Å². The quantitative estimate of drug-likeness (QED) is 0.439. The van der Waals surface area contributed by atoms with Crippen LogP contribution in [-0.2, 0) is 9.53 Å². The summed E-state index contributed by atoms with van der Waals surface area (Å²) in [4.78, 5) is 17.0. The van der Waals surface area contributed by atoms with Gasteiger partial charge in [-0.2, -0.15) is 10.5 Å². The second-order valence-corrected chi connectivity index (χ2v) is 10.1. The van der Waals surface area contributed by atoms with Gasteiger partial charge in [0.2, 0.25) is 0 Å². The lowest BCUT2D eigenvalue weighted by molar-refractivity contribution is -0.149. The maximum absolute atomic E-state index is 12.4. The minimum Gasteiger partial charge on any atom is -0.456 e. The molecule has 0 amide bonds. The second kappa shape index (κ2) is 6.78. The van der Waals surface area contributed by atoms with Crippen molar-refractivity contribution >= 4 is 11.7 Å². The number of aliphatic imine (C=N–C) groups is 1. The van der Waals surface area contributed by atoms with E-state index in [1.54, 1.807) is 20.8 Å². The van der Waals surface area contributed by atoms with Gasteiger partial charge >= 0.3 is 5.97 Å². The van der Waals surface area contributed by atoms with Crippen molar-refractivity contribution in [2.75, 3.05) is 0 Å². The lowest BCUT2D eigenvalue weighted by atomic mass is 9.75. The Balaban J connectivity index is 2.42. The molecule has 2 aliphatic heterocycles. The number of carbonyl (C=O) groups is 1. The number of carbonyl (C=O) groups excluding carboxylic acids is 1. The van der Waals surface area contributed by atoms with Gasteiger partial charge in [0.05, 0.1) is 11.8 Å². The van der Waals surface area contributed by atoms with E-state index in [2.05, 4.69) is 30.2 Å². The molecule has 6 heteroatoms. The third-order valence-corrected chi connectivity index (χ3v) is 5.49. The SMILES string of the molecule is CC(C)(C)OC(=O)C(C#N)=C1CC(C)(C)C(C=C2CC(C)(C)C(C)(C#N)N2)=N1. The van der Waals surface area contributed by atoms with Crippen LogP contribution in [0.3, 0.4) is 0 Å². The van der Waals surface area contributed by atoms with E-state index in [9.17, 15) is 15.3 Å². The summed E-state index contributed by atoms with van der Waals surface area (Å²) in [5.41, 5.74) is 0.260. The number of nitrogens with one attached hydrogen (secondary N) is 1. The van der Waals surface area contributed by atoms with E-state index >= 15 is 0 Å². The van der Waals surface area contributed by atoms with Crippen molar-refractivity contribution in [2.45, 2.75) is 79.4 Å². The van der Waals surface area contributed by atoms with Crippen molar-refractivity contribution in [3.05, 3.63) is 23.0 Å². The molecule has 6 nitrogen and oxygen atoms in total. The average Bonchev–Trinajstić information content (AvgIpc) is 2.91. The van der Waals surface area contributed by atoms with E-state index in [0.29, 0.717) is 12.1 Å². The maximum atomic E-state index is 12.4. The molecule has 1 N–H and O–H groups in total. The van der Waals surface area contributed by atoms with Gasteiger partial charge in [-0.3, -0.25) is 4.99 Å². The van der Waals surface area contributed by atoms with E-state index in [0.717, 1.165) is 17.8 Å². The maximum Gasteiger partial charge on any atom is 0.351 e. The summed E-state index contributed by atoms with van der Waals surface area (Å²) < 4.78 is 5.36. The second-order valence-electron chi connectivity index (χ2n) is 10.1. The van der Waals surface area contributed by atoms with Crippen LogP contribution in [0.25, 0.3) is 0 Å². The minimum atomic E-state index is -0.677. The fourth-order valence-electron chi connectivity index (χ4n) is 3.39. The highest BCUT2D eigenvalue weighted by atomic mass is 16.6. The molecule has 1 unspecified atom stereocenters. The lowest BCUT2D eigenvalue weighted by Crippen LogP contribution is -2.44. The van der Waals surface area contributed by atoms with Crippen LogP contribution in [-0.4, -0.2) is 22.8 Å². The van der Waals surface area contributed by atoms with E-state index in [1.165, 1.54) is 0 Å². The van der Waals surface area contributed by atoms with Gasteiger partial charge in [-0.25, -0.2) is 4.79 Å². The third kappa shape index (κ3) is 4.12. The van der Waals surface area contributed by atoms with Gasteiger partial charge in [0.15, 0.2) is 5.57 Å². The average molecular weight is 383 g/mol. The topological polar surface area (TPSA) is 98.3 Å². The van der Waals surface area contributed by atoms with Crippen LogP contribution in [0.4, 0.5) is 0 Å². The van der Waals surface area contributed by atoms with Crippen LogP contribution in [0.15, 0.2) is 28.0 Å². The standard InChI is InChI=1S/C22H30N4O2/c1-19(2,3)28-18(27)15(12-23)16-11-20(4,5)17(25-16)9-14-10-21(6,7)22(8,13-24)26-14/h9,26H,10-11H2,1-8H3. The molecule has 2 aliphatic rings. The molecule has 2 heterocycles. The number of ether oxygens (including phenoxy) is 1. The Morgan fingerprint density at radius 3 is 2.25 bits per heavy atom. The molecule has 28 heavy (non-hydrogen) atoms. The van der Waals surface area contributed by atoms with Crippen molar-refractivity contribution in [3.8, 4) is 12.1 Å². The molecule has 0 aromatic heterocycles. The molecule has 0 bridgehead atoms. The van der Waals surface area contributed by atoms with Crippen molar-refractivity contribution < 1.29 is 9.53 Å². The molecule has 0 radical (unpaired) electrons. The van der Waals surface area contributed by atoms with Crippen LogP contribution < -0.4 is 5.32 Å². The number of allylic oxidation sites excluding steroid dienone is 3. The van der Waals surface area contributed by atoms with Crippen LogP contribution >= 0.6 is 0 Å². The van der Waals surface area contributed by atoms with Gasteiger partial charge in [-0.15, -0.1) is 0 Å². The molecular weight excluding hydrogens is 352 g/mol. The summed E-state index contributed by atoms with van der Waals surface area (Å²) >= 11 is 0. The minimum absolute atomic E-state index is 0.0435. The first kappa shape index (κ1) is 21.7. The normalized spacial score (nSPS) is 28.8. The Kier molecular flexibility index (Phi) is 5.25. The monoisotopic (exact) mass is 382 g/mol. The summed E-state index contributed by atoms with van der Waals surface area (Å²) in [6.07, 6.45) is 3.16. The Morgan fingerprint density at radius 1 is 1.18 bits per heavy atom. The molecule has 0 aromatic carbocycles. The van der Waals surface area contributed by atoms with E-state index in [-0.39, 0.29) is 16.4 Å². The van der Waals surface area contributed by atoms with Crippen molar-refractivity contribution in [2.24, 2.45) is 15.8 Å². The number of esters is 1. The molecule has 1 atom stereocenters. The molecule has 0 saturated carbocycles. The summed E-state index contributed by atoms with van der Waals surface area (Å²) in [6.45, 7) is 15.4. The number of nitriles is 2. The first-order chi connectivity index (χ1) is 12.6. The number of hydrogen-bond donors (Lipinski definition) is 1. The van der Waals surface area contributed by atoms with Gasteiger partial charge in [0.1, 0.15) is 17.2 Å². The first-order valence-corrected chi connectivity index (χ1v) is 9.50. The smallest absolute Gasteiger partial charge is 0.351 e. The molecule has 1 fully saturated rings. The Labute approximate surface area is 168 Å². The fourth-order valence-corrected chi connectivity index (χ4v) is 3.39. The van der Waals surface area contributed by atoms with Gasteiger partial charge in [0, 0.05) is 28.7 Å². The zero-order valence-electron chi connectivity index (χ0n) is 18.1. The van der Waals surface area contributed by atoms with Crippen molar-refractivity contribution in [1.82, 2.24) is 5.32 Å². The van der Waals surface area contributed by atoms with Gasteiger partial charge in [-0.05, 0) is 40.2 Å². The predicted molar refractivity (Wildman–Crippen MR) is 108 cm³/mol. The molecular formula is C22H30N4O2. The summed E-state index contributed by atoms with van der Waals surface area (Å²) in [7, 11) is 0. The highest BCUT2D eigenvalue weighted by Crippen LogP contribution is 2.44. The van der Waals surface area contributed by atoms with Gasteiger partial charge in [0.25, 0.3) is 0 Å². The fraction of sp³-hybridized carbons (Fsp3) is 0.636. The number of hydrogen-bond acceptors (Lipinski definition) is 6. The molecule has 0 aromatic rings. The van der Waals surface area contributed by atoms with E-state index in [1.807, 2.05) is 32.9 Å². The first-order valence-electron chi connectivity index (χ1n) is 9.50. The molecule has 150 valence electrons. The Bertz CT molecular complexity index is 870. The van der Waals surface area contributed by atoms with Crippen LogP contribution in [0.5, 0.6) is 0 Å². The molecule has 0 spiro atoms.